The van der Waals surface area contributed by atoms with E-state index in [0.717, 1.165) is 11.4 Å². The number of aromatic nitrogens is 2. The first kappa shape index (κ1) is 13.6. The molecule has 2 aromatic rings. The Kier molecular flexibility index (Phi) is 3.59. The lowest BCUT2D eigenvalue weighted by molar-refractivity contribution is 0.521. The predicted molar refractivity (Wildman–Crippen MR) is 73.8 cm³/mol. The maximum Gasteiger partial charge on any atom is 0.242 e. The molecule has 0 saturated heterocycles. The molecule has 0 amide bonds. The van der Waals surface area contributed by atoms with Crippen molar-refractivity contribution in [2.75, 3.05) is 19.4 Å². The molecule has 0 radical (unpaired) electrons. The SMILES string of the molecule is CN(C)S(=O)(=O)c1ccc(Nc2cnn(C)c2)cc1. The third-order valence-corrected chi connectivity index (χ3v) is 4.46. The quantitative estimate of drug-likeness (QED) is 0.919. The van der Waals surface area contributed by atoms with Crippen molar-refractivity contribution in [2.45, 2.75) is 4.90 Å². The summed E-state index contributed by atoms with van der Waals surface area (Å²) < 4.78 is 26.7. The Morgan fingerprint density at radius 3 is 2.26 bits per heavy atom. The van der Waals surface area contributed by atoms with Crippen LogP contribution < -0.4 is 5.32 Å². The first-order valence-electron chi connectivity index (χ1n) is 5.68. The molecule has 6 nitrogen and oxygen atoms in total. The van der Waals surface area contributed by atoms with Crippen LogP contribution in [0.3, 0.4) is 0 Å². The number of hydrogen-bond acceptors (Lipinski definition) is 4. The molecular formula is C12H16N4O2S. The molecule has 0 aliphatic rings. The minimum Gasteiger partial charge on any atom is -0.353 e. The van der Waals surface area contributed by atoms with Gasteiger partial charge in [-0.2, -0.15) is 5.10 Å². The van der Waals surface area contributed by atoms with Crippen molar-refractivity contribution in [1.29, 1.82) is 0 Å². The summed E-state index contributed by atoms with van der Waals surface area (Å²) in [4.78, 5) is 0.272. The zero-order valence-electron chi connectivity index (χ0n) is 11.0. The summed E-state index contributed by atoms with van der Waals surface area (Å²) in [5, 5.41) is 7.19. The Morgan fingerprint density at radius 1 is 1.16 bits per heavy atom. The molecule has 0 aliphatic heterocycles. The van der Waals surface area contributed by atoms with Gasteiger partial charge >= 0.3 is 0 Å². The van der Waals surface area contributed by atoms with Gasteiger partial charge in [0.1, 0.15) is 0 Å². The third-order valence-electron chi connectivity index (χ3n) is 2.63. The molecule has 1 aromatic carbocycles. The Labute approximate surface area is 112 Å². The largest absolute Gasteiger partial charge is 0.353 e. The van der Waals surface area contributed by atoms with Gasteiger partial charge in [-0.15, -0.1) is 0 Å². The van der Waals surface area contributed by atoms with Gasteiger partial charge in [0, 0.05) is 33.0 Å². The van der Waals surface area contributed by atoms with Crippen LogP contribution in [0.25, 0.3) is 0 Å². The normalized spacial score (nSPS) is 11.8. The monoisotopic (exact) mass is 280 g/mol. The number of aryl methyl sites for hydroxylation is 1. The van der Waals surface area contributed by atoms with Gasteiger partial charge in [-0.3, -0.25) is 4.68 Å². The number of anilines is 2. The van der Waals surface area contributed by atoms with Crippen LogP contribution in [0.4, 0.5) is 11.4 Å². The minimum absolute atomic E-state index is 0.272. The second-order valence-electron chi connectivity index (χ2n) is 4.34. The molecule has 0 fully saturated rings. The van der Waals surface area contributed by atoms with Crippen molar-refractivity contribution >= 4 is 21.4 Å². The average Bonchev–Trinajstić information content (AvgIpc) is 2.75. The zero-order chi connectivity index (χ0) is 14.0. The summed E-state index contributed by atoms with van der Waals surface area (Å²) in [5.74, 6) is 0. The van der Waals surface area contributed by atoms with Crippen LogP contribution in [0, 0.1) is 0 Å². The average molecular weight is 280 g/mol. The van der Waals surface area contributed by atoms with Crippen molar-refractivity contribution < 1.29 is 8.42 Å². The zero-order valence-corrected chi connectivity index (χ0v) is 11.8. The van der Waals surface area contributed by atoms with Crippen LogP contribution >= 0.6 is 0 Å². The lowest BCUT2D eigenvalue weighted by Crippen LogP contribution is -2.22. The Morgan fingerprint density at radius 2 is 1.79 bits per heavy atom. The van der Waals surface area contributed by atoms with E-state index in [1.165, 1.54) is 18.4 Å². The van der Waals surface area contributed by atoms with E-state index in [-0.39, 0.29) is 4.90 Å². The van der Waals surface area contributed by atoms with Crippen LogP contribution in [0.15, 0.2) is 41.6 Å². The molecule has 19 heavy (non-hydrogen) atoms. The molecule has 0 bridgehead atoms. The van der Waals surface area contributed by atoms with E-state index in [2.05, 4.69) is 10.4 Å². The molecule has 1 N–H and O–H groups in total. The van der Waals surface area contributed by atoms with E-state index in [1.807, 2.05) is 13.2 Å². The summed E-state index contributed by atoms with van der Waals surface area (Å²) in [7, 11) is 1.48. The molecular weight excluding hydrogens is 264 g/mol. The van der Waals surface area contributed by atoms with Crippen molar-refractivity contribution in [3.8, 4) is 0 Å². The number of sulfonamides is 1. The second kappa shape index (κ2) is 5.02. The lowest BCUT2D eigenvalue weighted by Gasteiger charge is -2.11. The van der Waals surface area contributed by atoms with Crippen LogP contribution in [-0.4, -0.2) is 36.6 Å². The number of nitrogens with one attached hydrogen (secondary N) is 1. The highest BCUT2D eigenvalue weighted by Crippen LogP contribution is 2.19. The molecule has 1 aromatic heterocycles. The Bertz CT molecular complexity index is 659. The summed E-state index contributed by atoms with van der Waals surface area (Å²) in [6.07, 6.45) is 3.54. The summed E-state index contributed by atoms with van der Waals surface area (Å²) in [5.41, 5.74) is 1.66. The molecule has 0 spiro atoms. The molecule has 0 unspecified atom stereocenters. The van der Waals surface area contributed by atoms with Gasteiger partial charge in [-0.05, 0) is 24.3 Å². The van der Waals surface area contributed by atoms with Crippen molar-refractivity contribution in [3.63, 3.8) is 0 Å². The van der Waals surface area contributed by atoms with Crippen LogP contribution in [0.1, 0.15) is 0 Å². The van der Waals surface area contributed by atoms with E-state index in [4.69, 9.17) is 0 Å². The summed E-state index contributed by atoms with van der Waals surface area (Å²) >= 11 is 0. The van der Waals surface area contributed by atoms with E-state index in [9.17, 15) is 8.42 Å². The highest BCUT2D eigenvalue weighted by atomic mass is 32.2. The number of hydrogen-bond donors (Lipinski definition) is 1. The van der Waals surface area contributed by atoms with Gasteiger partial charge in [0.2, 0.25) is 10.0 Å². The molecule has 1 heterocycles. The molecule has 0 saturated carbocycles. The summed E-state index contributed by atoms with van der Waals surface area (Å²) in [6.45, 7) is 0. The first-order chi connectivity index (χ1) is 8.89. The van der Waals surface area contributed by atoms with Gasteiger partial charge in [-0.1, -0.05) is 0 Å². The van der Waals surface area contributed by atoms with Crippen LogP contribution in [-0.2, 0) is 17.1 Å². The Hall–Kier alpha value is -1.86. The number of benzene rings is 1. The maximum absolute atomic E-state index is 11.9. The second-order valence-corrected chi connectivity index (χ2v) is 6.49. The van der Waals surface area contributed by atoms with E-state index >= 15 is 0 Å². The fourth-order valence-corrected chi connectivity index (χ4v) is 2.48. The molecule has 102 valence electrons. The molecule has 2 rings (SSSR count). The predicted octanol–water partition coefficient (Wildman–Crippen LogP) is 1.41. The van der Waals surface area contributed by atoms with Gasteiger partial charge in [0.15, 0.2) is 0 Å². The van der Waals surface area contributed by atoms with Crippen molar-refractivity contribution in [3.05, 3.63) is 36.7 Å². The van der Waals surface area contributed by atoms with E-state index in [0.29, 0.717) is 0 Å². The molecule has 0 atom stereocenters. The summed E-state index contributed by atoms with van der Waals surface area (Å²) in [6, 6.07) is 6.61. The highest BCUT2D eigenvalue weighted by Gasteiger charge is 2.16. The molecule has 7 heteroatoms. The third kappa shape index (κ3) is 2.94. The Balaban J connectivity index is 2.19. The van der Waals surface area contributed by atoms with Crippen LogP contribution in [0.2, 0.25) is 0 Å². The highest BCUT2D eigenvalue weighted by molar-refractivity contribution is 7.89. The van der Waals surface area contributed by atoms with E-state index < -0.39 is 10.0 Å². The van der Waals surface area contributed by atoms with Crippen molar-refractivity contribution in [1.82, 2.24) is 14.1 Å². The van der Waals surface area contributed by atoms with Crippen LogP contribution in [0.5, 0.6) is 0 Å². The lowest BCUT2D eigenvalue weighted by atomic mass is 10.3. The fourth-order valence-electron chi connectivity index (χ4n) is 1.57. The standard InChI is InChI=1S/C12H16N4O2S/c1-15(2)19(17,18)12-6-4-10(5-7-12)14-11-8-13-16(3)9-11/h4-9,14H,1-3H3. The van der Waals surface area contributed by atoms with E-state index in [1.54, 1.807) is 35.1 Å². The van der Waals surface area contributed by atoms with Gasteiger partial charge < -0.3 is 5.32 Å². The number of nitrogens with zero attached hydrogens (tertiary/aromatic N) is 3. The maximum atomic E-state index is 11.9. The van der Waals surface area contributed by atoms with Gasteiger partial charge in [0.05, 0.1) is 16.8 Å². The molecule has 0 aliphatic carbocycles. The fraction of sp³-hybridized carbons (Fsp3) is 0.250. The van der Waals surface area contributed by atoms with Gasteiger partial charge in [-0.25, -0.2) is 12.7 Å². The minimum atomic E-state index is -3.37. The number of rotatable bonds is 4. The topological polar surface area (TPSA) is 67.2 Å². The smallest absolute Gasteiger partial charge is 0.242 e. The first-order valence-corrected chi connectivity index (χ1v) is 7.12. The van der Waals surface area contributed by atoms with Gasteiger partial charge in [0.25, 0.3) is 0 Å². The van der Waals surface area contributed by atoms with Crippen molar-refractivity contribution in [2.24, 2.45) is 7.05 Å².